The van der Waals surface area contributed by atoms with Gasteiger partial charge in [0.2, 0.25) is 0 Å². The molecule has 0 saturated carbocycles. The molecule has 1 aromatic carbocycles. The highest BCUT2D eigenvalue weighted by Crippen LogP contribution is 2.28. The van der Waals surface area contributed by atoms with Crippen LogP contribution in [0.15, 0.2) is 24.3 Å². The van der Waals surface area contributed by atoms with Crippen molar-refractivity contribution < 1.29 is 0 Å². The number of rotatable bonds is 3. The van der Waals surface area contributed by atoms with Crippen molar-refractivity contribution in [1.29, 1.82) is 5.26 Å². The minimum atomic E-state index is 0.225. The van der Waals surface area contributed by atoms with Crippen LogP contribution in [0.5, 0.6) is 0 Å². The first-order valence-corrected chi connectivity index (χ1v) is 5.11. The molecule has 74 valence electrons. The zero-order chi connectivity index (χ0) is 10.6. The van der Waals surface area contributed by atoms with E-state index in [-0.39, 0.29) is 5.41 Å². The van der Waals surface area contributed by atoms with E-state index in [1.807, 2.05) is 12.1 Å². The SMILES string of the molecule is CCCC(C)(C)c1ccc(C#N)cc1. The Morgan fingerprint density at radius 3 is 2.21 bits per heavy atom. The summed E-state index contributed by atoms with van der Waals surface area (Å²) in [6.07, 6.45) is 2.37. The van der Waals surface area contributed by atoms with Gasteiger partial charge in [0.1, 0.15) is 0 Å². The van der Waals surface area contributed by atoms with Crippen LogP contribution in [0, 0.1) is 11.3 Å². The van der Waals surface area contributed by atoms with E-state index in [9.17, 15) is 0 Å². The Morgan fingerprint density at radius 2 is 1.79 bits per heavy atom. The summed E-state index contributed by atoms with van der Waals surface area (Å²) in [7, 11) is 0. The third-order valence-electron chi connectivity index (χ3n) is 2.67. The fraction of sp³-hybridized carbons (Fsp3) is 0.462. The van der Waals surface area contributed by atoms with Gasteiger partial charge >= 0.3 is 0 Å². The first-order chi connectivity index (χ1) is 6.60. The number of hydrogen-bond acceptors (Lipinski definition) is 1. The zero-order valence-electron chi connectivity index (χ0n) is 9.17. The van der Waals surface area contributed by atoms with Crippen LogP contribution >= 0.6 is 0 Å². The summed E-state index contributed by atoms with van der Waals surface area (Å²) < 4.78 is 0. The topological polar surface area (TPSA) is 23.8 Å². The number of nitrogens with zero attached hydrogens (tertiary/aromatic N) is 1. The van der Waals surface area contributed by atoms with Crippen LogP contribution in [-0.2, 0) is 5.41 Å². The Balaban J connectivity index is 2.92. The lowest BCUT2D eigenvalue weighted by Gasteiger charge is -2.24. The van der Waals surface area contributed by atoms with Gasteiger partial charge in [-0.1, -0.05) is 39.3 Å². The normalized spacial score (nSPS) is 11.0. The molecule has 1 aromatic rings. The van der Waals surface area contributed by atoms with Crippen molar-refractivity contribution in [3.63, 3.8) is 0 Å². The molecule has 0 atom stereocenters. The van der Waals surface area contributed by atoms with Gasteiger partial charge in [0.25, 0.3) is 0 Å². The first kappa shape index (κ1) is 10.8. The maximum Gasteiger partial charge on any atom is 0.0991 e. The second-order valence-corrected chi connectivity index (χ2v) is 4.32. The van der Waals surface area contributed by atoms with E-state index in [0.717, 1.165) is 5.56 Å². The van der Waals surface area contributed by atoms with Gasteiger partial charge in [-0.15, -0.1) is 0 Å². The lowest BCUT2D eigenvalue weighted by molar-refractivity contribution is 0.473. The van der Waals surface area contributed by atoms with E-state index in [1.165, 1.54) is 18.4 Å². The summed E-state index contributed by atoms with van der Waals surface area (Å²) in [6.45, 7) is 6.70. The van der Waals surface area contributed by atoms with Gasteiger partial charge in [0.05, 0.1) is 11.6 Å². The molecule has 0 bridgehead atoms. The van der Waals surface area contributed by atoms with Gasteiger partial charge in [0.15, 0.2) is 0 Å². The Hall–Kier alpha value is -1.29. The molecule has 1 rings (SSSR count). The second-order valence-electron chi connectivity index (χ2n) is 4.32. The Labute approximate surface area is 86.4 Å². The van der Waals surface area contributed by atoms with E-state index in [1.54, 1.807) is 0 Å². The largest absolute Gasteiger partial charge is 0.192 e. The van der Waals surface area contributed by atoms with E-state index >= 15 is 0 Å². The Morgan fingerprint density at radius 1 is 1.21 bits per heavy atom. The molecular weight excluding hydrogens is 170 g/mol. The van der Waals surface area contributed by atoms with Crippen molar-refractivity contribution in [3.05, 3.63) is 35.4 Å². The molecule has 0 spiro atoms. The second kappa shape index (κ2) is 4.28. The lowest BCUT2D eigenvalue weighted by atomic mass is 9.80. The minimum Gasteiger partial charge on any atom is -0.192 e. The molecule has 0 heterocycles. The van der Waals surface area contributed by atoms with Crippen LogP contribution in [0.2, 0.25) is 0 Å². The maximum atomic E-state index is 8.68. The molecular formula is C13H17N. The average Bonchev–Trinajstić information content (AvgIpc) is 2.18. The third kappa shape index (κ3) is 2.35. The van der Waals surface area contributed by atoms with Crippen LogP contribution in [0.1, 0.15) is 44.7 Å². The fourth-order valence-corrected chi connectivity index (χ4v) is 1.77. The van der Waals surface area contributed by atoms with Crippen molar-refractivity contribution >= 4 is 0 Å². The first-order valence-electron chi connectivity index (χ1n) is 5.11. The van der Waals surface area contributed by atoms with E-state index < -0.39 is 0 Å². The smallest absolute Gasteiger partial charge is 0.0991 e. The van der Waals surface area contributed by atoms with E-state index in [0.29, 0.717) is 0 Å². The van der Waals surface area contributed by atoms with Gasteiger partial charge in [-0.2, -0.15) is 5.26 Å². The van der Waals surface area contributed by atoms with Crippen LogP contribution in [0.4, 0.5) is 0 Å². The van der Waals surface area contributed by atoms with Gasteiger partial charge in [0, 0.05) is 0 Å². The zero-order valence-corrected chi connectivity index (χ0v) is 9.17. The van der Waals surface area contributed by atoms with Crippen molar-refractivity contribution in [2.24, 2.45) is 0 Å². The Kier molecular flexibility index (Phi) is 3.30. The molecule has 1 heteroatoms. The molecule has 0 saturated heterocycles. The lowest BCUT2D eigenvalue weighted by Crippen LogP contribution is -2.16. The summed E-state index contributed by atoms with van der Waals surface area (Å²) in [5.74, 6) is 0. The number of benzene rings is 1. The molecule has 0 aliphatic rings. The number of hydrogen-bond donors (Lipinski definition) is 0. The quantitative estimate of drug-likeness (QED) is 0.708. The molecule has 1 nitrogen and oxygen atoms in total. The Bertz CT molecular complexity index is 327. The molecule has 14 heavy (non-hydrogen) atoms. The molecule has 0 unspecified atom stereocenters. The predicted molar refractivity (Wildman–Crippen MR) is 59.1 cm³/mol. The van der Waals surface area contributed by atoms with Gasteiger partial charge in [-0.25, -0.2) is 0 Å². The predicted octanol–water partition coefficient (Wildman–Crippen LogP) is 3.64. The monoisotopic (exact) mass is 187 g/mol. The summed E-state index contributed by atoms with van der Waals surface area (Å²) in [6, 6.07) is 10.1. The van der Waals surface area contributed by atoms with Crippen LogP contribution in [0.25, 0.3) is 0 Å². The van der Waals surface area contributed by atoms with Gasteiger partial charge in [-0.3, -0.25) is 0 Å². The molecule has 0 aromatic heterocycles. The maximum absolute atomic E-state index is 8.68. The van der Waals surface area contributed by atoms with Crippen LogP contribution in [0.3, 0.4) is 0 Å². The summed E-state index contributed by atoms with van der Waals surface area (Å²) >= 11 is 0. The van der Waals surface area contributed by atoms with Crippen molar-refractivity contribution in [1.82, 2.24) is 0 Å². The minimum absolute atomic E-state index is 0.225. The number of nitriles is 1. The van der Waals surface area contributed by atoms with E-state index in [4.69, 9.17) is 5.26 Å². The molecule has 0 N–H and O–H groups in total. The van der Waals surface area contributed by atoms with Crippen molar-refractivity contribution in [3.8, 4) is 6.07 Å². The highest BCUT2D eigenvalue weighted by atomic mass is 14.3. The van der Waals surface area contributed by atoms with Crippen molar-refractivity contribution in [2.45, 2.75) is 39.0 Å². The summed E-state index contributed by atoms with van der Waals surface area (Å²) in [5, 5.41) is 8.68. The summed E-state index contributed by atoms with van der Waals surface area (Å²) in [4.78, 5) is 0. The van der Waals surface area contributed by atoms with E-state index in [2.05, 4.69) is 39.0 Å². The molecule has 0 aliphatic heterocycles. The molecule has 0 aliphatic carbocycles. The van der Waals surface area contributed by atoms with Gasteiger partial charge < -0.3 is 0 Å². The van der Waals surface area contributed by atoms with Crippen molar-refractivity contribution in [2.75, 3.05) is 0 Å². The fourth-order valence-electron chi connectivity index (χ4n) is 1.77. The molecule has 0 fully saturated rings. The third-order valence-corrected chi connectivity index (χ3v) is 2.67. The highest BCUT2D eigenvalue weighted by molar-refractivity contribution is 5.34. The van der Waals surface area contributed by atoms with Crippen LogP contribution in [-0.4, -0.2) is 0 Å². The summed E-state index contributed by atoms with van der Waals surface area (Å²) in [5.41, 5.74) is 2.28. The molecule has 0 radical (unpaired) electrons. The van der Waals surface area contributed by atoms with Gasteiger partial charge in [-0.05, 0) is 29.5 Å². The molecule has 0 amide bonds. The average molecular weight is 187 g/mol. The highest BCUT2D eigenvalue weighted by Gasteiger charge is 2.18. The van der Waals surface area contributed by atoms with Crippen LogP contribution < -0.4 is 0 Å². The standard InChI is InChI=1S/C13H17N/c1-4-9-13(2,3)12-7-5-11(10-14)6-8-12/h5-8H,4,9H2,1-3H3.